The first-order valence-corrected chi connectivity index (χ1v) is 7.63. The summed E-state index contributed by atoms with van der Waals surface area (Å²) in [6.45, 7) is 4.86. The molecule has 0 aromatic heterocycles. The van der Waals surface area contributed by atoms with Crippen molar-refractivity contribution >= 4 is 5.97 Å². The predicted octanol–water partition coefficient (Wildman–Crippen LogP) is 2.50. The van der Waals surface area contributed by atoms with Crippen LogP contribution >= 0.6 is 0 Å². The van der Waals surface area contributed by atoms with E-state index < -0.39 is 17.2 Å². The van der Waals surface area contributed by atoms with Gasteiger partial charge in [0.1, 0.15) is 6.61 Å². The number of rotatable bonds is 6. The van der Waals surface area contributed by atoms with Gasteiger partial charge in [0.05, 0.1) is 25.4 Å². The molecule has 1 unspecified atom stereocenters. The third kappa shape index (κ3) is 4.89. The Balaban J connectivity index is 2.05. The molecule has 1 aromatic rings. The first-order chi connectivity index (χ1) is 11.0. The molecule has 0 bridgehead atoms. The van der Waals surface area contributed by atoms with E-state index in [2.05, 4.69) is 0 Å². The van der Waals surface area contributed by atoms with E-state index >= 15 is 0 Å². The summed E-state index contributed by atoms with van der Waals surface area (Å²) in [5, 5.41) is 0. The van der Waals surface area contributed by atoms with E-state index in [1.54, 1.807) is 19.3 Å². The SMILES string of the molecule is COC/C=C/C1(C(=O)OCc2ccccc2)COC(C)(C)CO1. The second kappa shape index (κ2) is 7.73. The molecular weight excluding hydrogens is 296 g/mol. The summed E-state index contributed by atoms with van der Waals surface area (Å²) in [6, 6.07) is 9.53. The average Bonchev–Trinajstić information content (AvgIpc) is 2.55. The number of benzene rings is 1. The zero-order valence-corrected chi connectivity index (χ0v) is 13.9. The van der Waals surface area contributed by atoms with E-state index in [1.807, 2.05) is 44.2 Å². The highest BCUT2D eigenvalue weighted by Crippen LogP contribution is 2.28. The first-order valence-electron chi connectivity index (χ1n) is 7.63. The molecule has 1 aliphatic heterocycles. The van der Waals surface area contributed by atoms with E-state index in [1.165, 1.54) is 0 Å². The molecule has 1 heterocycles. The summed E-state index contributed by atoms with van der Waals surface area (Å²) >= 11 is 0. The Morgan fingerprint density at radius 2 is 1.96 bits per heavy atom. The predicted molar refractivity (Wildman–Crippen MR) is 86.0 cm³/mol. The molecule has 0 aliphatic carbocycles. The zero-order valence-electron chi connectivity index (χ0n) is 13.9. The lowest BCUT2D eigenvalue weighted by Gasteiger charge is -2.40. The lowest BCUT2D eigenvalue weighted by Crippen LogP contribution is -2.55. The van der Waals surface area contributed by atoms with Crippen LogP contribution in [0.4, 0.5) is 0 Å². The fourth-order valence-corrected chi connectivity index (χ4v) is 2.15. The van der Waals surface area contributed by atoms with Gasteiger partial charge in [0.25, 0.3) is 0 Å². The van der Waals surface area contributed by atoms with Crippen LogP contribution in [0.3, 0.4) is 0 Å². The Labute approximate surface area is 137 Å². The van der Waals surface area contributed by atoms with E-state index in [-0.39, 0.29) is 13.2 Å². The monoisotopic (exact) mass is 320 g/mol. The molecule has 5 nitrogen and oxygen atoms in total. The molecule has 1 saturated heterocycles. The smallest absolute Gasteiger partial charge is 0.345 e. The van der Waals surface area contributed by atoms with Crippen LogP contribution in [0.2, 0.25) is 0 Å². The number of ether oxygens (including phenoxy) is 4. The van der Waals surface area contributed by atoms with Crippen molar-refractivity contribution in [2.45, 2.75) is 31.7 Å². The highest BCUT2D eigenvalue weighted by atomic mass is 16.6. The van der Waals surface area contributed by atoms with E-state index in [0.717, 1.165) is 5.56 Å². The van der Waals surface area contributed by atoms with Crippen molar-refractivity contribution in [3.63, 3.8) is 0 Å². The van der Waals surface area contributed by atoms with Gasteiger partial charge in [-0.2, -0.15) is 0 Å². The highest BCUT2D eigenvalue weighted by Gasteiger charge is 2.45. The number of hydrogen-bond donors (Lipinski definition) is 0. The average molecular weight is 320 g/mol. The third-order valence-electron chi connectivity index (χ3n) is 3.56. The number of methoxy groups -OCH3 is 1. The van der Waals surface area contributed by atoms with Crippen LogP contribution in [0.1, 0.15) is 19.4 Å². The number of esters is 1. The summed E-state index contributed by atoms with van der Waals surface area (Å²) in [7, 11) is 1.59. The Kier molecular flexibility index (Phi) is 5.93. The fourth-order valence-electron chi connectivity index (χ4n) is 2.15. The second-order valence-corrected chi connectivity index (χ2v) is 6.15. The molecule has 1 aliphatic rings. The van der Waals surface area contributed by atoms with Crippen LogP contribution in [-0.4, -0.2) is 44.1 Å². The van der Waals surface area contributed by atoms with Crippen LogP contribution in [0.5, 0.6) is 0 Å². The van der Waals surface area contributed by atoms with Crippen molar-refractivity contribution in [3.8, 4) is 0 Å². The summed E-state index contributed by atoms with van der Waals surface area (Å²) in [4.78, 5) is 12.6. The molecule has 1 fully saturated rings. The van der Waals surface area contributed by atoms with Gasteiger partial charge in [0.15, 0.2) is 0 Å². The molecule has 5 heteroatoms. The highest BCUT2D eigenvalue weighted by molar-refractivity contribution is 5.82. The molecular formula is C18H24O5. The molecule has 0 spiro atoms. The fraction of sp³-hybridized carbons (Fsp3) is 0.500. The van der Waals surface area contributed by atoms with Crippen LogP contribution in [0.25, 0.3) is 0 Å². The number of carbonyl (C=O) groups is 1. The van der Waals surface area contributed by atoms with Crippen molar-refractivity contribution in [1.29, 1.82) is 0 Å². The molecule has 0 saturated carbocycles. The Bertz CT molecular complexity index is 526. The number of hydrogen-bond acceptors (Lipinski definition) is 5. The van der Waals surface area contributed by atoms with Crippen LogP contribution in [-0.2, 0) is 30.3 Å². The molecule has 0 radical (unpaired) electrons. The minimum absolute atomic E-state index is 0.119. The van der Waals surface area contributed by atoms with Gasteiger partial charge in [-0.3, -0.25) is 0 Å². The van der Waals surface area contributed by atoms with Gasteiger partial charge in [-0.25, -0.2) is 4.79 Å². The summed E-state index contributed by atoms with van der Waals surface area (Å²) in [6.07, 6.45) is 3.41. The minimum Gasteiger partial charge on any atom is -0.458 e. The normalized spacial score (nSPS) is 23.8. The van der Waals surface area contributed by atoms with Crippen molar-refractivity contribution in [2.75, 3.05) is 26.9 Å². The lowest BCUT2D eigenvalue weighted by molar-refractivity contribution is -0.221. The van der Waals surface area contributed by atoms with Gasteiger partial charge in [-0.1, -0.05) is 36.4 Å². The third-order valence-corrected chi connectivity index (χ3v) is 3.56. The van der Waals surface area contributed by atoms with Gasteiger partial charge < -0.3 is 18.9 Å². The zero-order chi connectivity index (χ0) is 16.8. The van der Waals surface area contributed by atoms with Crippen molar-refractivity contribution < 1.29 is 23.7 Å². The summed E-state index contributed by atoms with van der Waals surface area (Å²) < 4.78 is 22.0. The Hall–Kier alpha value is -1.69. The first kappa shape index (κ1) is 17.7. The maximum Gasteiger partial charge on any atom is 0.345 e. The van der Waals surface area contributed by atoms with Gasteiger partial charge in [-0.15, -0.1) is 0 Å². The molecule has 2 rings (SSSR count). The Morgan fingerprint density at radius 1 is 1.22 bits per heavy atom. The van der Waals surface area contributed by atoms with Gasteiger partial charge in [0.2, 0.25) is 5.60 Å². The summed E-state index contributed by atoms with van der Waals surface area (Å²) in [5.41, 5.74) is -0.713. The van der Waals surface area contributed by atoms with Gasteiger partial charge in [0, 0.05) is 7.11 Å². The standard InChI is InChI=1S/C18H24O5/c1-17(2)13-23-18(14-22-17,10-7-11-20-3)16(19)21-12-15-8-5-4-6-9-15/h4-10H,11-14H2,1-3H3/b10-7+. The number of carbonyl (C=O) groups excluding carboxylic acids is 1. The summed E-state index contributed by atoms with van der Waals surface area (Å²) in [5.74, 6) is -0.454. The van der Waals surface area contributed by atoms with Crippen molar-refractivity contribution in [2.24, 2.45) is 0 Å². The van der Waals surface area contributed by atoms with E-state index in [4.69, 9.17) is 18.9 Å². The quantitative estimate of drug-likeness (QED) is 0.595. The molecule has 0 N–H and O–H groups in total. The van der Waals surface area contributed by atoms with Gasteiger partial charge in [-0.05, 0) is 25.5 Å². The minimum atomic E-state index is -1.22. The van der Waals surface area contributed by atoms with E-state index in [9.17, 15) is 4.79 Å². The van der Waals surface area contributed by atoms with Crippen LogP contribution < -0.4 is 0 Å². The largest absolute Gasteiger partial charge is 0.458 e. The Morgan fingerprint density at radius 3 is 2.57 bits per heavy atom. The van der Waals surface area contributed by atoms with E-state index in [0.29, 0.717) is 13.2 Å². The molecule has 23 heavy (non-hydrogen) atoms. The lowest BCUT2D eigenvalue weighted by atomic mass is 10.0. The van der Waals surface area contributed by atoms with Gasteiger partial charge >= 0.3 is 5.97 Å². The van der Waals surface area contributed by atoms with Crippen LogP contribution in [0.15, 0.2) is 42.5 Å². The van der Waals surface area contributed by atoms with Crippen molar-refractivity contribution in [1.82, 2.24) is 0 Å². The topological polar surface area (TPSA) is 54.0 Å². The van der Waals surface area contributed by atoms with Crippen molar-refractivity contribution in [3.05, 3.63) is 48.0 Å². The second-order valence-electron chi connectivity index (χ2n) is 6.15. The molecule has 1 atom stereocenters. The molecule has 126 valence electrons. The maximum absolute atomic E-state index is 12.6. The molecule has 1 aromatic carbocycles. The van der Waals surface area contributed by atoms with Crippen LogP contribution in [0, 0.1) is 0 Å². The maximum atomic E-state index is 12.6. The molecule has 0 amide bonds.